The lowest BCUT2D eigenvalue weighted by Gasteiger charge is -2.33. The molecule has 1 aliphatic heterocycles. The van der Waals surface area contributed by atoms with E-state index < -0.39 is 14.6 Å². The number of carbonyl (C=O) groups is 1. The molecule has 20 heavy (non-hydrogen) atoms. The maximum absolute atomic E-state index is 12.0. The number of carbonyl (C=O) groups excluding carboxylic acids is 1. The van der Waals surface area contributed by atoms with E-state index in [9.17, 15) is 13.2 Å². The van der Waals surface area contributed by atoms with Gasteiger partial charge in [0.1, 0.15) is 0 Å². The predicted molar refractivity (Wildman–Crippen MR) is 79.5 cm³/mol. The molecule has 1 unspecified atom stereocenters. The van der Waals surface area contributed by atoms with Gasteiger partial charge in [0, 0.05) is 11.9 Å². The average molecular weight is 296 g/mol. The van der Waals surface area contributed by atoms with Crippen LogP contribution in [0.3, 0.4) is 0 Å². The number of hydrogen-bond acceptors (Lipinski definition) is 4. The Morgan fingerprint density at radius 3 is 2.55 bits per heavy atom. The van der Waals surface area contributed by atoms with E-state index in [1.54, 1.807) is 20.9 Å². The Morgan fingerprint density at radius 1 is 1.35 bits per heavy atom. The molecule has 1 heterocycles. The van der Waals surface area contributed by atoms with Crippen molar-refractivity contribution in [1.82, 2.24) is 5.32 Å². The second-order valence-corrected chi connectivity index (χ2v) is 8.34. The van der Waals surface area contributed by atoms with Gasteiger partial charge < -0.3 is 10.6 Å². The molecular formula is C14H20N2O3S. The van der Waals surface area contributed by atoms with E-state index in [-0.39, 0.29) is 11.9 Å². The highest BCUT2D eigenvalue weighted by Crippen LogP contribution is 2.34. The van der Waals surface area contributed by atoms with Crippen LogP contribution >= 0.6 is 0 Å². The summed E-state index contributed by atoms with van der Waals surface area (Å²) in [6, 6.07) is 5.26. The second kappa shape index (κ2) is 4.86. The zero-order valence-electron chi connectivity index (χ0n) is 12.1. The summed E-state index contributed by atoms with van der Waals surface area (Å²) in [5.74, 6) is -0.0273. The van der Waals surface area contributed by atoms with E-state index >= 15 is 0 Å². The van der Waals surface area contributed by atoms with Gasteiger partial charge in [-0.3, -0.25) is 4.79 Å². The fourth-order valence-corrected chi connectivity index (χ4v) is 3.24. The molecule has 0 aliphatic carbocycles. The number of benzene rings is 1. The fourth-order valence-electron chi connectivity index (χ4n) is 2.56. The molecule has 0 aromatic heterocycles. The maximum atomic E-state index is 12.0. The number of sulfone groups is 1. The van der Waals surface area contributed by atoms with Gasteiger partial charge >= 0.3 is 0 Å². The first-order valence-corrected chi connectivity index (χ1v) is 8.35. The van der Waals surface area contributed by atoms with Gasteiger partial charge in [-0.1, -0.05) is 12.1 Å². The minimum atomic E-state index is -3.23. The molecule has 1 amide bonds. The van der Waals surface area contributed by atoms with Gasteiger partial charge in [-0.15, -0.1) is 0 Å². The van der Waals surface area contributed by atoms with Crippen LogP contribution in [0.4, 0.5) is 5.69 Å². The molecule has 1 aliphatic rings. The van der Waals surface area contributed by atoms with Gasteiger partial charge in [0.15, 0.2) is 9.84 Å². The van der Waals surface area contributed by atoms with Crippen molar-refractivity contribution in [2.45, 2.75) is 31.1 Å². The Hall–Kier alpha value is -1.40. The van der Waals surface area contributed by atoms with E-state index in [1.165, 1.54) is 6.26 Å². The highest BCUT2D eigenvalue weighted by Gasteiger charge is 2.39. The molecule has 1 aromatic carbocycles. The van der Waals surface area contributed by atoms with Crippen LogP contribution < -0.4 is 10.6 Å². The molecule has 0 fully saturated rings. The molecule has 2 N–H and O–H groups in total. The van der Waals surface area contributed by atoms with Crippen LogP contribution in [-0.2, 0) is 21.1 Å². The highest BCUT2D eigenvalue weighted by molar-refractivity contribution is 7.92. The Morgan fingerprint density at radius 2 is 2.00 bits per heavy atom. The van der Waals surface area contributed by atoms with Crippen molar-refractivity contribution >= 4 is 21.4 Å². The molecule has 5 nitrogen and oxygen atoms in total. The van der Waals surface area contributed by atoms with Crippen LogP contribution in [0.1, 0.15) is 31.0 Å². The third-order valence-electron chi connectivity index (χ3n) is 4.03. The summed E-state index contributed by atoms with van der Waals surface area (Å²) in [6.45, 7) is 3.42. The van der Waals surface area contributed by atoms with Crippen LogP contribution in [0.2, 0.25) is 0 Å². The van der Waals surface area contributed by atoms with E-state index in [2.05, 4.69) is 10.6 Å². The first kappa shape index (κ1) is 15.0. The van der Waals surface area contributed by atoms with Gasteiger partial charge in [-0.2, -0.15) is 0 Å². The molecule has 0 saturated heterocycles. The normalized spacial score (nSPS) is 16.7. The number of anilines is 1. The van der Waals surface area contributed by atoms with Crippen LogP contribution in [0.5, 0.6) is 0 Å². The Kier molecular flexibility index (Phi) is 3.64. The van der Waals surface area contributed by atoms with Crippen LogP contribution in [0, 0.1) is 0 Å². The zero-order valence-corrected chi connectivity index (χ0v) is 13.0. The van der Waals surface area contributed by atoms with Crippen molar-refractivity contribution in [2.75, 3.05) is 18.6 Å². The minimum Gasteiger partial charge on any atom is -0.326 e. The molecule has 0 bridgehead atoms. The number of hydrogen-bond donors (Lipinski definition) is 2. The van der Waals surface area contributed by atoms with Crippen molar-refractivity contribution < 1.29 is 13.2 Å². The number of nitrogens with one attached hydrogen (secondary N) is 2. The van der Waals surface area contributed by atoms with Crippen molar-refractivity contribution in [3.63, 3.8) is 0 Å². The summed E-state index contributed by atoms with van der Waals surface area (Å²) >= 11 is 0. The monoisotopic (exact) mass is 296 g/mol. The van der Waals surface area contributed by atoms with Gasteiger partial charge in [-0.05, 0) is 38.1 Å². The summed E-state index contributed by atoms with van der Waals surface area (Å²) in [6.07, 6.45) is 1.59. The molecule has 2 rings (SSSR count). The minimum absolute atomic E-state index is 0.0273. The highest BCUT2D eigenvalue weighted by atomic mass is 32.2. The molecule has 0 saturated carbocycles. The van der Waals surface area contributed by atoms with Gasteiger partial charge in [-0.25, -0.2) is 8.42 Å². The van der Waals surface area contributed by atoms with E-state index in [4.69, 9.17) is 0 Å². The Bertz CT molecular complexity index is 650. The van der Waals surface area contributed by atoms with E-state index in [1.807, 2.05) is 18.2 Å². The molecule has 110 valence electrons. The fraction of sp³-hybridized carbons (Fsp3) is 0.500. The summed E-state index contributed by atoms with van der Waals surface area (Å²) in [4.78, 5) is 11.4. The van der Waals surface area contributed by atoms with Crippen molar-refractivity contribution in [1.29, 1.82) is 0 Å². The standard InChI is InChI=1S/C14H20N2O3S/c1-14(2,20(4,18)19)13(15-3)9-5-6-11-10(7-9)8-12(17)16-11/h5-7,13,15H,8H2,1-4H3,(H,16,17). The Labute approximate surface area is 119 Å². The zero-order chi connectivity index (χ0) is 15.1. The Balaban J connectivity index is 2.44. The third kappa shape index (κ3) is 2.45. The second-order valence-electron chi connectivity index (χ2n) is 5.74. The van der Waals surface area contributed by atoms with Crippen LogP contribution in [-0.4, -0.2) is 32.4 Å². The predicted octanol–water partition coefficient (Wildman–Crippen LogP) is 1.26. The lowest BCUT2D eigenvalue weighted by molar-refractivity contribution is -0.115. The molecule has 6 heteroatoms. The lowest BCUT2D eigenvalue weighted by Crippen LogP contribution is -2.43. The SMILES string of the molecule is CNC(c1ccc2c(c1)CC(=O)N2)C(C)(C)S(C)(=O)=O. The topological polar surface area (TPSA) is 75.3 Å². The molecule has 1 atom stereocenters. The first-order valence-electron chi connectivity index (χ1n) is 6.46. The van der Waals surface area contributed by atoms with Crippen molar-refractivity contribution in [3.05, 3.63) is 29.3 Å². The summed E-state index contributed by atoms with van der Waals surface area (Å²) < 4.78 is 23.1. The molecule has 1 aromatic rings. The summed E-state index contributed by atoms with van der Waals surface area (Å²) in [5.41, 5.74) is 2.60. The molecule has 0 spiro atoms. The number of fused-ring (bicyclic) bond motifs is 1. The van der Waals surface area contributed by atoms with Gasteiger partial charge in [0.25, 0.3) is 0 Å². The average Bonchev–Trinajstić information content (AvgIpc) is 2.67. The van der Waals surface area contributed by atoms with E-state index in [0.29, 0.717) is 6.42 Å². The van der Waals surface area contributed by atoms with Crippen molar-refractivity contribution in [3.8, 4) is 0 Å². The number of amides is 1. The lowest BCUT2D eigenvalue weighted by atomic mass is 9.93. The summed E-state index contributed by atoms with van der Waals surface area (Å²) in [7, 11) is -1.49. The van der Waals surface area contributed by atoms with Gasteiger partial charge in [0.05, 0.1) is 17.2 Å². The van der Waals surface area contributed by atoms with Crippen LogP contribution in [0.15, 0.2) is 18.2 Å². The third-order valence-corrected chi connectivity index (χ3v) is 6.17. The molecule has 0 radical (unpaired) electrons. The summed E-state index contributed by atoms with van der Waals surface area (Å²) in [5, 5.41) is 5.86. The van der Waals surface area contributed by atoms with Crippen LogP contribution in [0.25, 0.3) is 0 Å². The quantitative estimate of drug-likeness (QED) is 0.877. The maximum Gasteiger partial charge on any atom is 0.228 e. The smallest absolute Gasteiger partial charge is 0.228 e. The molecular weight excluding hydrogens is 276 g/mol. The van der Waals surface area contributed by atoms with Gasteiger partial charge in [0.2, 0.25) is 5.91 Å². The largest absolute Gasteiger partial charge is 0.326 e. The van der Waals surface area contributed by atoms with Crippen molar-refractivity contribution in [2.24, 2.45) is 0 Å². The first-order chi connectivity index (χ1) is 9.16. The number of rotatable bonds is 4. The van der Waals surface area contributed by atoms with E-state index in [0.717, 1.165) is 16.8 Å².